The van der Waals surface area contributed by atoms with E-state index in [2.05, 4.69) is 19.2 Å². The number of carbonyl (C=O) groups excluding carboxylic acids is 1. The number of nitrogens with one attached hydrogen (secondary N) is 1. The van der Waals surface area contributed by atoms with Crippen LogP contribution in [0, 0.1) is 5.41 Å². The fourth-order valence-electron chi connectivity index (χ4n) is 3.00. The standard InChI is InChI=1S/C17H26N2O2/c1-17(2)9-4-5-13(8-10-17)19-14-11-12(16(18)20)6-7-15(14)21-3/h6-7,11,13,19H,4-5,8-10H2,1-3H3,(H2,18,20). The van der Waals surface area contributed by atoms with Crippen molar-refractivity contribution in [3.8, 4) is 5.75 Å². The Balaban J connectivity index is 2.14. The van der Waals surface area contributed by atoms with Crippen molar-refractivity contribution >= 4 is 11.6 Å². The number of nitrogens with two attached hydrogens (primary N) is 1. The summed E-state index contributed by atoms with van der Waals surface area (Å²) in [5, 5.41) is 3.54. The lowest BCUT2D eigenvalue weighted by atomic mass is 9.85. The molecule has 3 N–H and O–H groups in total. The van der Waals surface area contributed by atoms with Crippen molar-refractivity contribution in [2.45, 2.75) is 52.0 Å². The summed E-state index contributed by atoms with van der Waals surface area (Å²) in [6.07, 6.45) is 5.99. The van der Waals surface area contributed by atoms with Gasteiger partial charge in [-0.1, -0.05) is 20.3 Å². The van der Waals surface area contributed by atoms with Gasteiger partial charge in [0.2, 0.25) is 5.91 Å². The molecule has 0 saturated heterocycles. The zero-order valence-corrected chi connectivity index (χ0v) is 13.2. The van der Waals surface area contributed by atoms with Gasteiger partial charge in [-0.2, -0.15) is 0 Å². The Hall–Kier alpha value is -1.71. The van der Waals surface area contributed by atoms with Gasteiger partial charge >= 0.3 is 0 Å². The Morgan fingerprint density at radius 3 is 2.76 bits per heavy atom. The molecule has 1 fully saturated rings. The average molecular weight is 290 g/mol. The summed E-state index contributed by atoms with van der Waals surface area (Å²) in [7, 11) is 1.64. The van der Waals surface area contributed by atoms with Gasteiger partial charge < -0.3 is 15.8 Å². The summed E-state index contributed by atoms with van der Waals surface area (Å²) in [5.74, 6) is 0.339. The lowest BCUT2D eigenvalue weighted by molar-refractivity contribution is 0.100. The molecule has 1 aliphatic rings. The molecular formula is C17H26N2O2. The highest BCUT2D eigenvalue weighted by Gasteiger charge is 2.24. The highest BCUT2D eigenvalue weighted by atomic mass is 16.5. The van der Waals surface area contributed by atoms with Crippen LogP contribution in [0.4, 0.5) is 5.69 Å². The fraction of sp³-hybridized carbons (Fsp3) is 0.588. The zero-order valence-electron chi connectivity index (χ0n) is 13.2. The third kappa shape index (κ3) is 4.13. The van der Waals surface area contributed by atoms with E-state index in [0.29, 0.717) is 17.0 Å². The van der Waals surface area contributed by atoms with Crippen molar-refractivity contribution in [2.75, 3.05) is 12.4 Å². The van der Waals surface area contributed by atoms with Gasteiger partial charge in [0.25, 0.3) is 0 Å². The molecular weight excluding hydrogens is 264 g/mol. The molecule has 1 unspecified atom stereocenters. The van der Waals surface area contributed by atoms with Crippen LogP contribution in [0.5, 0.6) is 5.75 Å². The number of amides is 1. The number of primary amides is 1. The maximum atomic E-state index is 11.3. The molecule has 0 bridgehead atoms. The Morgan fingerprint density at radius 1 is 1.33 bits per heavy atom. The zero-order chi connectivity index (χ0) is 15.5. The molecule has 1 atom stereocenters. The van der Waals surface area contributed by atoms with E-state index in [4.69, 9.17) is 10.5 Å². The third-order valence-corrected chi connectivity index (χ3v) is 4.42. The summed E-state index contributed by atoms with van der Waals surface area (Å²) in [6, 6.07) is 5.70. The Kier molecular flexibility index (Phi) is 4.76. The van der Waals surface area contributed by atoms with Crippen LogP contribution in [0.3, 0.4) is 0 Å². The molecule has 21 heavy (non-hydrogen) atoms. The second-order valence-electron chi connectivity index (χ2n) is 6.72. The first kappa shape index (κ1) is 15.7. The molecule has 0 aliphatic heterocycles. The molecule has 0 radical (unpaired) electrons. The molecule has 0 heterocycles. The van der Waals surface area contributed by atoms with Crippen molar-refractivity contribution in [1.82, 2.24) is 0 Å². The highest BCUT2D eigenvalue weighted by molar-refractivity contribution is 5.94. The number of rotatable bonds is 4. The van der Waals surface area contributed by atoms with E-state index in [1.165, 1.54) is 19.3 Å². The minimum atomic E-state index is -0.414. The maximum absolute atomic E-state index is 11.3. The van der Waals surface area contributed by atoms with E-state index in [1.807, 2.05) is 0 Å². The first-order valence-corrected chi connectivity index (χ1v) is 7.66. The molecule has 116 valence electrons. The van der Waals surface area contributed by atoms with Gasteiger partial charge in [0, 0.05) is 11.6 Å². The van der Waals surface area contributed by atoms with Gasteiger partial charge in [0.15, 0.2) is 0 Å². The number of ether oxygens (including phenoxy) is 1. The normalized spacial score (nSPS) is 21.4. The van der Waals surface area contributed by atoms with Crippen LogP contribution in [-0.4, -0.2) is 19.1 Å². The van der Waals surface area contributed by atoms with Crippen molar-refractivity contribution < 1.29 is 9.53 Å². The molecule has 1 saturated carbocycles. The topological polar surface area (TPSA) is 64.3 Å². The van der Waals surface area contributed by atoms with E-state index in [-0.39, 0.29) is 0 Å². The average Bonchev–Trinajstić information content (AvgIpc) is 2.60. The monoisotopic (exact) mass is 290 g/mol. The minimum Gasteiger partial charge on any atom is -0.495 e. The Bertz CT molecular complexity index is 512. The molecule has 1 aliphatic carbocycles. The summed E-state index contributed by atoms with van der Waals surface area (Å²) < 4.78 is 5.38. The van der Waals surface area contributed by atoms with Crippen molar-refractivity contribution in [2.24, 2.45) is 11.1 Å². The molecule has 1 aromatic rings. The number of carbonyl (C=O) groups is 1. The van der Waals surface area contributed by atoms with Crippen LogP contribution < -0.4 is 15.8 Å². The minimum absolute atomic E-state index is 0.414. The van der Waals surface area contributed by atoms with E-state index >= 15 is 0 Å². The van der Waals surface area contributed by atoms with Crippen LogP contribution in [0.15, 0.2) is 18.2 Å². The van der Waals surface area contributed by atoms with Gasteiger partial charge in [0.05, 0.1) is 12.8 Å². The predicted octanol–water partition coefficient (Wildman–Crippen LogP) is 3.56. The van der Waals surface area contributed by atoms with Crippen molar-refractivity contribution in [3.63, 3.8) is 0 Å². The summed E-state index contributed by atoms with van der Waals surface area (Å²) in [4.78, 5) is 11.3. The van der Waals surface area contributed by atoms with Crippen molar-refractivity contribution in [1.29, 1.82) is 0 Å². The van der Waals surface area contributed by atoms with Gasteiger partial charge in [0.1, 0.15) is 5.75 Å². The molecule has 0 aromatic heterocycles. The number of anilines is 1. The van der Waals surface area contributed by atoms with E-state index in [0.717, 1.165) is 24.3 Å². The van der Waals surface area contributed by atoms with Crippen LogP contribution >= 0.6 is 0 Å². The molecule has 2 rings (SSSR count). The first-order valence-electron chi connectivity index (χ1n) is 7.66. The van der Waals surface area contributed by atoms with E-state index in [9.17, 15) is 4.79 Å². The second-order valence-corrected chi connectivity index (χ2v) is 6.72. The lowest BCUT2D eigenvalue weighted by Crippen LogP contribution is -2.20. The van der Waals surface area contributed by atoms with E-state index in [1.54, 1.807) is 25.3 Å². The quantitative estimate of drug-likeness (QED) is 0.833. The number of hydrogen-bond donors (Lipinski definition) is 2. The first-order chi connectivity index (χ1) is 9.91. The second kappa shape index (κ2) is 6.37. The molecule has 4 heteroatoms. The molecule has 1 amide bonds. The summed E-state index contributed by atoms with van der Waals surface area (Å²) in [5.41, 5.74) is 7.15. The van der Waals surface area contributed by atoms with Gasteiger partial charge in [-0.3, -0.25) is 4.79 Å². The third-order valence-electron chi connectivity index (χ3n) is 4.42. The summed E-state index contributed by atoms with van der Waals surface area (Å²) in [6.45, 7) is 4.67. The van der Waals surface area contributed by atoms with Gasteiger partial charge in [-0.15, -0.1) is 0 Å². The van der Waals surface area contributed by atoms with Crippen LogP contribution in [0.25, 0.3) is 0 Å². The van der Waals surface area contributed by atoms with Crippen LogP contribution in [-0.2, 0) is 0 Å². The van der Waals surface area contributed by atoms with Crippen molar-refractivity contribution in [3.05, 3.63) is 23.8 Å². The van der Waals surface area contributed by atoms with E-state index < -0.39 is 5.91 Å². The van der Waals surface area contributed by atoms with Gasteiger partial charge in [-0.05, 0) is 49.3 Å². The summed E-state index contributed by atoms with van der Waals surface area (Å²) >= 11 is 0. The smallest absolute Gasteiger partial charge is 0.248 e. The predicted molar refractivity (Wildman–Crippen MR) is 85.8 cm³/mol. The van der Waals surface area contributed by atoms with Gasteiger partial charge in [-0.25, -0.2) is 0 Å². The number of benzene rings is 1. The Morgan fingerprint density at radius 2 is 2.10 bits per heavy atom. The fourth-order valence-corrected chi connectivity index (χ4v) is 3.00. The Labute approximate surface area is 127 Å². The van der Waals surface area contributed by atoms with Crippen LogP contribution in [0.1, 0.15) is 56.3 Å². The van der Waals surface area contributed by atoms with Crippen LogP contribution in [0.2, 0.25) is 0 Å². The number of hydrogen-bond acceptors (Lipinski definition) is 3. The largest absolute Gasteiger partial charge is 0.495 e. The number of methoxy groups -OCH3 is 1. The molecule has 1 aromatic carbocycles. The maximum Gasteiger partial charge on any atom is 0.248 e. The SMILES string of the molecule is COc1ccc(C(N)=O)cc1NC1CCCC(C)(C)CC1. The molecule has 4 nitrogen and oxygen atoms in total. The lowest BCUT2D eigenvalue weighted by Gasteiger charge is -2.23. The molecule has 0 spiro atoms. The highest BCUT2D eigenvalue weighted by Crippen LogP contribution is 2.36.